The maximum Gasteiger partial charge on any atom is 0.342 e. The van der Waals surface area contributed by atoms with Crippen LogP contribution >= 0.6 is 0 Å². The van der Waals surface area contributed by atoms with Gasteiger partial charge in [-0.25, -0.2) is 4.79 Å². The van der Waals surface area contributed by atoms with Crippen LogP contribution in [0.15, 0.2) is 0 Å². The normalized spacial score (nSPS) is 8.44. The van der Waals surface area contributed by atoms with Crippen molar-refractivity contribution < 1.29 is 20.4 Å². The molecule has 3 N–H and O–H groups in total. The van der Waals surface area contributed by atoms with Gasteiger partial charge in [0.2, 0.25) is 0 Å². The predicted octanol–water partition coefficient (Wildman–Crippen LogP) is 0.224. The van der Waals surface area contributed by atoms with Crippen LogP contribution in [-0.2, 0) is 9.68 Å². The number of hydrogen-bond donors (Lipinski definition) is 1. The van der Waals surface area contributed by atoms with Crippen LogP contribution in [0, 0.1) is 5.92 Å². The van der Waals surface area contributed by atoms with E-state index in [-0.39, 0.29) is 17.8 Å². The van der Waals surface area contributed by atoms with Gasteiger partial charge < -0.3 is 10.4 Å². The maximum atomic E-state index is 10.2. The summed E-state index contributed by atoms with van der Waals surface area (Å²) in [6, 6.07) is 0. The molecule has 56 valence electrons. The molecule has 4 heteroatoms. The number of rotatable bonds is 2. The summed E-state index contributed by atoms with van der Waals surface area (Å²) in [4.78, 5) is 13.6. The van der Waals surface area contributed by atoms with Crippen molar-refractivity contribution in [3.63, 3.8) is 0 Å². The van der Waals surface area contributed by atoms with E-state index in [1.54, 1.807) is 0 Å². The lowest BCUT2D eigenvalue weighted by atomic mass is 10.1. The van der Waals surface area contributed by atoms with Crippen LogP contribution in [-0.4, -0.2) is 16.7 Å². The molecule has 0 aliphatic rings. The van der Waals surface area contributed by atoms with E-state index < -0.39 is 5.97 Å². The fourth-order valence-corrected chi connectivity index (χ4v) is 0.371. The topological polar surface area (TPSA) is 78.0 Å². The highest BCUT2D eigenvalue weighted by molar-refractivity contribution is 5.68. The predicted molar refractivity (Wildman–Crippen MR) is 31.8 cm³/mol. The first-order chi connectivity index (χ1) is 3.66. The molecule has 0 radical (unpaired) electrons. The highest BCUT2D eigenvalue weighted by atomic mass is 17.1. The molecule has 0 aromatic rings. The van der Waals surface area contributed by atoms with Crippen molar-refractivity contribution in [1.82, 2.24) is 0 Å². The van der Waals surface area contributed by atoms with Gasteiger partial charge in [-0.15, -0.1) is 0 Å². The van der Waals surface area contributed by atoms with E-state index >= 15 is 0 Å². The van der Waals surface area contributed by atoms with E-state index in [2.05, 4.69) is 4.89 Å². The molecule has 0 atom stereocenters. The minimum Gasteiger partial charge on any atom is -0.412 e. The van der Waals surface area contributed by atoms with E-state index in [1.807, 2.05) is 13.8 Å². The first-order valence-corrected chi connectivity index (χ1v) is 2.51. The summed E-state index contributed by atoms with van der Waals surface area (Å²) >= 11 is 0. The lowest BCUT2D eigenvalue weighted by molar-refractivity contribution is -0.235. The molecule has 0 saturated carbocycles. The van der Waals surface area contributed by atoms with Gasteiger partial charge in [-0.1, -0.05) is 13.8 Å². The van der Waals surface area contributed by atoms with Crippen molar-refractivity contribution in [2.75, 3.05) is 0 Å². The van der Waals surface area contributed by atoms with E-state index in [1.165, 1.54) is 0 Å². The van der Waals surface area contributed by atoms with Crippen LogP contribution in [0.1, 0.15) is 20.3 Å². The molecule has 9 heavy (non-hydrogen) atoms. The van der Waals surface area contributed by atoms with Gasteiger partial charge in [-0.2, -0.15) is 5.26 Å². The third-order valence-electron chi connectivity index (χ3n) is 0.677. The SMILES string of the molecule is CC(C)CC(=O)OO.O. The fourth-order valence-electron chi connectivity index (χ4n) is 0.371. The van der Waals surface area contributed by atoms with E-state index in [9.17, 15) is 4.79 Å². The minimum atomic E-state index is -0.569. The Morgan fingerprint density at radius 2 is 2.11 bits per heavy atom. The van der Waals surface area contributed by atoms with Crippen LogP contribution in [0.25, 0.3) is 0 Å². The average molecular weight is 136 g/mol. The fraction of sp³-hybridized carbons (Fsp3) is 0.800. The van der Waals surface area contributed by atoms with Crippen LogP contribution in [0.4, 0.5) is 0 Å². The highest BCUT2D eigenvalue weighted by Crippen LogP contribution is 1.98. The molecule has 0 spiro atoms. The maximum absolute atomic E-state index is 10.2. The summed E-state index contributed by atoms with van der Waals surface area (Å²) in [7, 11) is 0. The first-order valence-electron chi connectivity index (χ1n) is 2.51. The Balaban J connectivity index is 0. The smallest absolute Gasteiger partial charge is 0.342 e. The van der Waals surface area contributed by atoms with Gasteiger partial charge in [0.1, 0.15) is 0 Å². The Labute approximate surface area is 53.7 Å². The summed E-state index contributed by atoms with van der Waals surface area (Å²) < 4.78 is 0. The molecule has 0 aromatic heterocycles. The minimum absolute atomic E-state index is 0. The summed E-state index contributed by atoms with van der Waals surface area (Å²) in [6.45, 7) is 3.74. The second-order valence-corrected chi connectivity index (χ2v) is 2.06. The van der Waals surface area contributed by atoms with Crippen molar-refractivity contribution in [3.05, 3.63) is 0 Å². The molecule has 0 saturated heterocycles. The van der Waals surface area contributed by atoms with E-state index in [4.69, 9.17) is 5.26 Å². The highest BCUT2D eigenvalue weighted by Gasteiger charge is 2.03. The Kier molecular flexibility index (Phi) is 6.89. The van der Waals surface area contributed by atoms with Crippen molar-refractivity contribution in [3.8, 4) is 0 Å². The molecule has 0 aliphatic carbocycles. The van der Waals surface area contributed by atoms with E-state index in [0.717, 1.165) is 0 Å². The van der Waals surface area contributed by atoms with Crippen molar-refractivity contribution >= 4 is 5.97 Å². The first kappa shape index (κ1) is 11.2. The van der Waals surface area contributed by atoms with Gasteiger partial charge in [-0.05, 0) is 5.92 Å². The van der Waals surface area contributed by atoms with Gasteiger partial charge >= 0.3 is 5.97 Å². The molecule has 0 heterocycles. The zero-order chi connectivity index (χ0) is 6.57. The monoisotopic (exact) mass is 136 g/mol. The van der Waals surface area contributed by atoms with E-state index in [0.29, 0.717) is 0 Å². The Bertz CT molecular complexity index is 79.0. The molecule has 0 unspecified atom stereocenters. The second kappa shape index (κ2) is 5.53. The molecular weight excluding hydrogens is 124 g/mol. The van der Waals surface area contributed by atoms with Gasteiger partial charge in [0.05, 0.1) is 6.42 Å². The summed E-state index contributed by atoms with van der Waals surface area (Å²) in [5.74, 6) is -0.324. The zero-order valence-corrected chi connectivity index (χ0v) is 5.55. The van der Waals surface area contributed by atoms with Gasteiger partial charge in [0, 0.05) is 0 Å². The zero-order valence-electron chi connectivity index (χ0n) is 5.55. The molecule has 0 fully saturated rings. The summed E-state index contributed by atoms with van der Waals surface area (Å²) in [5.41, 5.74) is 0. The second-order valence-electron chi connectivity index (χ2n) is 2.06. The van der Waals surface area contributed by atoms with Crippen LogP contribution < -0.4 is 0 Å². The quantitative estimate of drug-likeness (QED) is 0.435. The van der Waals surface area contributed by atoms with Gasteiger partial charge in [0.25, 0.3) is 0 Å². The standard InChI is InChI=1S/C5H10O3.H2O/c1-4(2)3-5(6)8-7;/h4,7H,3H2,1-2H3;1H2. The molecule has 0 aliphatic heterocycles. The lowest BCUT2D eigenvalue weighted by Gasteiger charge is -1.97. The van der Waals surface area contributed by atoms with Crippen molar-refractivity contribution in [2.45, 2.75) is 20.3 Å². The number of carbonyl (C=O) groups excluding carboxylic acids is 1. The molecular formula is C5H12O4. The number of carbonyl (C=O) groups is 1. The Hall–Kier alpha value is -0.610. The van der Waals surface area contributed by atoms with Gasteiger partial charge in [0.15, 0.2) is 0 Å². The molecule has 4 nitrogen and oxygen atoms in total. The van der Waals surface area contributed by atoms with Crippen LogP contribution in [0.5, 0.6) is 0 Å². The average Bonchev–Trinajstić information content (AvgIpc) is 1.65. The third-order valence-corrected chi connectivity index (χ3v) is 0.677. The van der Waals surface area contributed by atoms with Crippen LogP contribution in [0.2, 0.25) is 0 Å². The molecule has 0 bridgehead atoms. The Morgan fingerprint density at radius 1 is 1.67 bits per heavy atom. The summed E-state index contributed by atoms with van der Waals surface area (Å²) in [5, 5.41) is 7.73. The lowest BCUT2D eigenvalue weighted by Crippen LogP contribution is -2.04. The van der Waals surface area contributed by atoms with Crippen molar-refractivity contribution in [2.24, 2.45) is 5.92 Å². The Morgan fingerprint density at radius 3 is 2.22 bits per heavy atom. The third kappa shape index (κ3) is 7.39. The molecule has 0 rings (SSSR count). The van der Waals surface area contributed by atoms with Crippen LogP contribution in [0.3, 0.4) is 0 Å². The largest absolute Gasteiger partial charge is 0.412 e. The summed E-state index contributed by atoms with van der Waals surface area (Å²) in [6.07, 6.45) is 0.274. The number of hydrogen-bond acceptors (Lipinski definition) is 3. The van der Waals surface area contributed by atoms with Gasteiger partial charge in [-0.3, -0.25) is 0 Å². The molecule has 0 amide bonds. The van der Waals surface area contributed by atoms with Crippen molar-refractivity contribution in [1.29, 1.82) is 0 Å². The molecule has 0 aromatic carbocycles.